The SMILES string of the molecule is [B]C([B])(c1cccc(C(O)(O)Nc2cccc3c2C([B])(O)N(C(CCC=O)C(=O)NC)C3=O)c1F)N1C([B])([B])C([B])(O)OC(O)(O)C1([B])O. The van der Waals surface area contributed by atoms with Gasteiger partial charge in [0.25, 0.3) is 11.8 Å². The van der Waals surface area contributed by atoms with E-state index in [0.29, 0.717) is 11.2 Å². The molecule has 4 atom stereocenters. The maximum absolute atomic E-state index is 16.3. The lowest BCUT2D eigenvalue weighted by atomic mass is 9.43. The number of ether oxygens (including phenoxy) is 1. The number of morpholine rings is 1. The number of aldehydes is 1. The molecule has 2 aliphatic heterocycles. The van der Waals surface area contributed by atoms with Gasteiger partial charge in [-0.15, -0.1) is 0 Å². The number of carbonyl (C=O) groups is 3. The first kappa shape index (κ1) is 38.7. The summed E-state index contributed by atoms with van der Waals surface area (Å²) in [5.41, 5.74) is -13.5. The molecule has 15 nitrogen and oxygen atoms in total. The van der Waals surface area contributed by atoms with Gasteiger partial charge < -0.3 is 60.8 Å². The zero-order valence-corrected chi connectivity index (χ0v) is 25.6. The normalized spacial score (nSPS) is 27.3. The van der Waals surface area contributed by atoms with Gasteiger partial charge in [0.05, 0.1) is 36.9 Å². The van der Waals surface area contributed by atoms with Gasteiger partial charge in [0.15, 0.2) is 21.3 Å². The van der Waals surface area contributed by atoms with Crippen molar-refractivity contribution >= 4 is 78.7 Å². The number of fused-ring (bicyclic) bond motifs is 1. The molecule has 2 aliphatic rings. The number of amides is 2. The van der Waals surface area contributed by atoms with Crippen molar-refractivity contribution in [3.63, 3.8) is 0 Å². The third kappa shape index (κ3) is 5.94. The Labute approximate surface area is 288 Å². The highest BCUT2D eigenvalue weighted by atomic mass is 19.1. The second kappa shape index (κ2) is 12.3. The topological polar surface area (TPSA) is 233 Å². The molecule has 2 aromatic rings. The van der Waals surface area contributed by atoms with Gasteiger partial charge in [-0.05, 0) is 40.9 Å². The Kier molecular flexibility index (Phi) is 9.69. The predicted octanol–water partition coefficient (Wildman–Crippen LogP) is -6.11. The van der Waals surface area contributed by atoms with Crippen LogP contribution in [0.2, 0.25) is 0 Å². The minimum absolute atomic E-state index is 0.210. The lowest BCUT2D eigenvalue weighted by molar-refractivity contribution is -0.492. The summed E-state index contributed by atoms with van der Waals surface area (Å²) in [6.07, 6.45) is 0.0153. The Morgan fingerprint density at radius 1 is 1.02 bits per heavy atom. The van der Waals surface area contributed by atoms with E-state index in [1.165, 1.54) is 19.2 Å². The first-order chi connectivity index (χ1) is 22.3. The number of aliphatic hydroxyl groups is 7. The fourth-order valence-corrected chi connectivity index (χ4v) is 5.82. The number of nitrogens with one attached hydrogen (secondary N) is 2. The first-order valence-electron chi connectivity index (χ1n) is 14.0. The Balaban J connectivity index is 1.80. The number of likely N-dealkylation sites (N-methyl/N-ethyl adjacent to an activating group) is 1. The van der Waals surface area contributed by atoms with Crippen molar-refractivity contribution in [2.75, 3.05) is 12.4 Å². The van der Waals surface area contributed by atoms with Gasteiger partial charge in [-0.2, -0.15) is 0 Å². The molecule has 2 heterocycles. The van der Waals surface area contributed by atoms with Gasteiger partial charge >= 0.3 is 5.97 Å². The Bertz CT molecular complexity index is 1650. The van der Waals surface area contributed by atoms with Gasteiger partial charge in [-0.3, -0.25) is 14.5 Å². The highest BCUT2D eigenvalue weighted by molar-refractivity contribution is 6.47. The standard InChI is InChI=1S/C26H24B7FN4O11/c1-35-18(40)15(9-4-10-39)37-19(41)11-5-2-8-14(16(11)21(37,29)42)36-22(43,44)13-7-3-6-12(17(13)34)20(27,28)38-23(30,31)25(33,46)49-26(47,48)24(38,32)45/h2-3,5-8,10,15,36,42-48H,4,9H2,1H3,(H,35,40). The van der Waals surface area contributed by atoms with E-state index in [4.69, 9.17) is 54.9 Å². The number of anilines is 1. The molecule has 242 valence electrons. The largest absolute Gasteiger partial charge is 0.377 e. The van der Waals surface area contributed by atoms with Crippen LogP contribution in [-0.4, -0.2) is 154 Å². The molecule has 49 heavy (non-hydrogen) atoms. The second-order valence-corrected chi connectivity index (χ2v) is 11.6. The van der Waals surface area contributed by atoms with Crippen LogP contribution in [-0.2, 0) is 31.2 Å². The fourth-order valence-electron chi connectivity index (χ4n) is 5.82. The average Bonchev–Trinajstić information content (AvgIpc) is 3.16. The van der Waals surface area contributed by atoms with Crippen LogP contribution < -0.4 is 10.6 Å². The molecule has 4 rings (SSSR count). The maximum atomic E-state index is 16.3. The number of halogens is 1. The number of hydrogen-bond donors (Lipinski definition) is 9. The van der Waals surface area contributed by atoms with Crippen molar-refractivity contribution in [1.29, 1.82) is 0 Å². The lowest BCUT2D eigenvalue weighted by Gasteiger charge is -2.68. The molecular weight excluding hydrogens is 639 g/mol. The second-order valence-electron chi connectivity index (χ2n) is 11.6. The van der Waals surface area contributed by atoms with Crippen LogP contribution in [0.1, 0.15) is 39.9 Å². The molecule has 4 unspecified atom stereocenters. The molecule has 1 fully saturated rings. The number of carbonyl (C=O) groups excluding carboxylic acids is 3. The monoisotopic (exact) mass is 664 g/mol. The van der Waals surface area contributed by atoms with Crippen molar-refractivity contribution in [1.82, 2.24) is 15.1 Å². The number of benzene rings is 2. The van der Waals surface area contributed by atoms with Crippen molar-refractivity contribution in [3.8, 4) is 0 Å². The van der Waals surface area contributed by atoms with Crippen molar-refractivity contribution in [2.45, 2.75) is 58.4 Å². The van der Waals surface area contributed by atoms with Gasteiger partial charge in [0.2, 0.25) is 5.91 Å². The first-order valence-corrected chi connectivity index (χ1v) is 14.0. The molecule has 9 N–H and O–H groups in total. The zero-order chi connectivity index (χ0) is 37.3. The Hall–Kier alpha value is -3.13. The minimum Gasteiger partial charge on any atom is -0.377 e. The lowest BCUT2D eigenvalue weighted by Crippen LogP contribution is -2.88. The van der Waals surface area contributed by atoms with Crippen LogP contribution in [0.4, 0.5) is 10.1 Å². The average molecular weight is 663 g/mol. The van der Waals surface area contributed by atoms with E-state index in [0.717, 1.165) is 24.3 Å². The van der Waals surface area contributed by atoms with Gasteiger partial charge in [0.1, 0.15) is 37.3 Å². The molecular formula is C26H24B7FN4O11. The molecule has 2 amide bonds. The number of hydrogen-bond acceptors (Lipinski definition) is 13. The van der Waals surface area contributed by atoms with Gasteiger partial charge in [-0.25, -0.2) is 4.39 Å². The molecule has 23 heteroatoms. The molecule has 2 aromatic carbocycles. The smallest absolute Gasteiger partial charge is 0.314 e. The van der Waals surface area contributed by atoms with E-state index < -0.39 is 85.5 Å². The summed E-state index contributed by atoms with van der Waals surface area (Å²) in [7, 11) is 42.3. The molecule has 0 saturated carbocycles. The van der Waals surface area contributed by atoms with Crippen molar-refractivity contribution in [2.24, 2.45) is 0 Å². The maximum Gasteiger partial charge on any atom is 0.314 e. The summed E-state index contributed by atoms with van der Waals surface area (Å²) in [6.45, 7) is 0. The van der Waals surface area contributed by atoms with E-state index in [-0.39, 0.29) is 23.3 Å². The summed E-state index contributed by atoms with van der Waals surface area (Å²) in [5.74, 6) is -11.0. The summed E-state index contributed by atoms with van der Waals surface area (Å²) in [4.78, 5) is 37.5. The quantitative estimate of drug-likeness (QED) is 0.0656. The third-order valence-corrected chi connectivity index (χ3v) is 8.21. The summed E-state index contributed by atoms with van der Waals surface area (Å²) in [5, 5.41) is 73.4. The van der Waals surface area contributed by atoms with Crippen molar-refractivity contribution in [3.05, 3.63) is 64.5 Å². The third-order valence-electron chi connectivity index (χ3n) is 8.21. The minimum atomic E-state index is -4.03. The summed E-state index contributed by atoms with van der Waals surface area (Å²) < 4.78 is 20.6. The summed E-state index contributed by atoms with van der Waals surface area (Å²) >= 11 is 0. The van der Waals surface area contributed by atoms with E-state index in [1.807, 2.05) is 0 Å². The Morgan fingerprint density at radius 2 is 1.59 bits per heavy atom. The molecule has 1 saturated heterocycles. The van der Waals surface area contributed by atoms with E-state index in [2.05, 4.69) is 15.4 Å². The van der Waals surface area contributed by atoms with Crippen molar-refractivity contribution < 1.29 is 59.3 Å². The molecule has 0 spiro atoms. The highest BCUT2D eigenvalue weighted by Crippen LogP contribution is 2.47. The Morgan fingerprint density at radius 3 is 2.16 bits per heavy atom. The predicted molar refractivity (Wildman–Crippen MR) is 170 cm³/mol. The van der Waals surface area contributed by atoms with E-state index in [9.17, 15) is 50.1 Å². The molecule has 0 aliphatic carbocycles. The fraction of sp³-hybridized carbons (Fsp3) is 0.423. The molecule has 0 bridgehead atoms. The van der Waals surface area contributed by atoms with Gasteiger partial charge in [0, 0.05) is 30.3 Å². The van der Waals surface area contributed by atoms with Crippen LogP contribution in [0.3, 0.4) is 0 Å². The van der Waals surface area contributed by atoms with E-state index in [1.54, 1.807) is 0 Å². The van der Waals surface area contributed by atoms with Crippen LogP contribution >= 0.6 is 0 Å². The van der Waals surface area contributed by atoms with E-state index >= 15 is 4.39 Å². The molecule has 0 aromatic heterocycles. The molecule has 14 radical (unpaired) electrons. The summed E-state index contributed by atoms with van der Waals surface area (Å²) in [6, 6.07) is 4.57. The van der Waals surface area contributed by atoms with Gasteiger partial charge in [-0.1, -0.05) is 18.2 Å². The zero-order valence-electron chi connectivity index (χ0n) is 25.6. The number of nitrogens with zero attached hydrogens (tertiary/aromatic N) is 2. The highest BCUT2D eigenvalue weighted by Gasteiger charge is 2.67. The van der Waals surface area contributed by atoms with Crippen LogP contribution in [0.25, 0.3) is 0 Å². The van der Waals surface area contributed by atoms with Crippen LogP contribution in [0.15, 0.2) is 36.4 Å². The van der Waals surface area contributed by atoms with Crippen LogP contribution in [0, 0.1) is 5.82 Å². The number of rotatable bonds is 10. The van der Waals surface area contributed by atoms with Crippen LogP contribution in [0.5, 0.6) is 0 Å².